The van der Waals surface area contributed by atoms with Crippen molar-refractivity contribution in [2.24, 2.45) is 0 Å². The number of para-hydroxylation sites is 1. The number of nitrogens with one attached hydrogen (secondary N) is 4. The summed E-state index contributed by atoms with van der Waals surface area (Å²) in [6.45, 7) is 3.13. The molecule has 6 N–H and O–H groups in total. The second kappa shape index (κ2) is 18.5. The third-order valence-electron chi connectivity index (χ3n) is 11.4. The highest BCUT2D eigenvalue weighted by atomic mass is 16.5. The maximum Gasteiger partial charge on any atom is 0.272 e. The Bertz CT molecular complexity index is 2620. The molecule has 20 nitrogen and oxygen atoms in total. The fourth-order valence-electron chi connectivity index (χ4n) is 8.25. The summed E-state index contributed by atoms with van der Waals surface area (Å²) in [5.41, 5.74) is 15.8. The number of hydrogen-bond acceptors (Lipinski definition) is 16. The Hall–Kier alpha value is -7.42. The van der Waals surface area contributed by atoms with Crippen LogP contribution in [0.2, 0.25) is 0 Å². The Morgan fingerprint density at radius 1 is 0.875 bits per heavy atom. The maximum atomic E-state index is 13.7. The van der Waals surface area contributed by atoms with Gasteiger partial charge >= 0.3 is 0 Å². The van der Waals surface area contributed by atoms with Crippen molar-refractivity contribution in [2.45, 2.75) is 37.8 Å². The van der Waals surface area contributed by atoms with Crippen molar-refractivity contribution in [3.05, 3.63) is 102 Å². The molecule has 5 amide bonds. The number of imide groups is 2. The molecule has 9 rings (SSSR count). The van der Waals surface area contributed by atoms with Crippen LogP contribution in [-0.4, -0.2) is 123 Å². The van der Waals surface area contributed by atoms with E-state index in [1.807, 2.05) is 64.2 Å². The van der Waals surface area contributed by atoms with Crippen molar-refractivity contribution in [1.29, 1.82) is 0 Å². The van der Waals surface area contributed by atoms with E-state index in [0.717, 1.165) is 29.1 Å². The molecule has 0 radical (unpaired) electrons. The molecule has 0 saturated carbocycles. The number of carbonyl (C=O) groups excluding carboxylic acids is 5. The third kappa shape index (κ3) is 8.65. The van der Waals surface area contributed by atoms with Crippen LogP contribution in [0.4, 0.5) is 11.5 Å². The quantitative estimate of drug-likeness (QED) is 0.0708. The molecular weight excluding hydrogens is 825 g/mol. The number of nitrogens with zero attached hydrogens (tertiary/aromatic N) is 7. The Balaban J connectivity index is 0.721. The number of likely N-dealkylation sites (tertiary alicyclic amines) is 1. The lowest BCUT2D eigenvalue weighted by atomic mass is 10.0. The fraction of sp³-hybridized carbons (Fsp3) is 0.318. The molecule has 2 aromatic heterocycles. The lowest BCUT2D eigenvalue weighted by molar-refractivity contribution is -0.136. The molecule has 4 aliphatic rings. The highest BCUT2D eigenvalue weighted by molar-refractivity contribution is 6.25. The predicted molar refractivity (Wildman–Crippen MR) is 231 cm³/mol. The summed E-state index contributed by atoms with van der Waals surface area (Å²) in [7, 11) is 0. The van der Waals surface area contributed by atoms with Crippen LogP contribution < -0.4 is 32.1 Å². The van der Waals surface area contributed by atoms with E-state index in [1.165, 1.54) is 6.33 Å². The molecule has 4 aliphatic heterocycles. The minimum Gasteiger partial charge on any atom is -0.457 e. The van der Waals surface area contributed by atoms with E-state index in [4.69, 9.17) is 25.0 Å². The van der Waals surface area contributed by atoms with Crippen LogP contribution in [0.5, 0.6) is 11.5 Å². The highest BCUT2D eigenvalue weighted by Gasteiger charge is 2.45. The molecule has 0 aliphatic carbocycles. The fourth-order valence-corrected chi connectivity index (χ4v) is 8.25. The van der Waals surface area contributed by atoms with E-state index < -0.39 is 29.7 Å². The number of rotatable bonds is 16. The number of piperidine rings is 2. The number of hydrazine groups is 2. The Morgan fingerprint density at radius 2 is 1.67 bits per heavy atom. The number of nitrogens with two attached hydrogens (primary N) is 1. The lowest BCUT2D eigenvalue weighted by Crippen LogP contribution is -2.54. The summed E-state index contributed by atoms with van der Waals surface area (Å²) in [4.78, 5) is 75.7. The first kappa shape index (κ1) is 41.9. The van der Waals surface area contributed by atoms with E-state index in [-0.39, 0.29) is 35.9 Å². The third-order valence-corrected chi connectivity index (χ3v) is 11.4. The van der Waals surface area contributed by atoms with Gasteiger partial charge in [0.2, 0.25) is 11.8 Å². The molecule has 6 heterocycles. The second-order valence-electron chi connectivity index (χ2n) is 15.5. The van der Waals surface area contributed by atoms with Gasteiger partial charge in [-0.15, -0.1) is 5.53 Å². The van der Waals surface area contributed by atoms with Crippen LogP contribution in [0.25, 0.3) is 22.3 Å². The lowest BCUT2D eigenvalue weighted by Gasteiger charge is -2.33. The van der Waals surface area contributed by atoms with E-state index >= 15 is 0 Å². The zero-order valence-electron chi connectivity index (χ0n) is 34.7. The first-order chi connectivity index (χ1) is 31.2. The predicted octanol–water partition coefficient (Wildman–Crippen LogP) is 2.74. The van der Waals surface area contributed by atoms with Crippen molar-refractivity contribution in [3.63, 3.8) is 0 Å². The Kier molecular flexibility index (Phi) is 12.1. The summed E-state index contributed by atoms with van der Waals surface area (Å²) < 4.78 is 19.3. The van der Waals surface area contributed by atoms with Crippen LogP contribution in [0.15, 0.2) is 91.0 Å². The summed E-state index contributed by atoms with van der Waals surface area (Å²) in [6, 6.07) is 20.9. The number of benzene rings is 3. The van der Waals surface area contributed by atoms with Gasteiger partial charge in [0.1, 0.15) is 41.1 Å². The van der Waals surface area contributed by atoms with Crippen LogP contribution in [-0.2, 0) is 23.9 Å². The van der Waals surface area contributed by atoms with Gasteiger partial charge < -0.3 is 30.2 Å². The van der Waals surface area contributed by atoms with Crippen molar-refractivity contribution in [1.82, 2.24) is 50.8 Å². The number of anilines is 2. The molecule has 2 unspecified atom stereocenters. The first-order valence-corrected chi connectivity index (χ1v) is 21.1. The average Bonchev–Trinajstić information content (AvgIpc) is 4.02. The number of nitrogen functional groups attached to an aromatic ring is 1. The summed E-state index contributed by atoms with van der Waals surface area (Å²) in [5, 5.41) is 12.8. The number of ether oxygens (including phenoxy) is 3. The highest BCUT2D eigenvalue weighted by Crippen LogP contribution is 2.36. The summed E-state index contributed by atoms with van der Waals surface area (Å²) in [6.07, 6.45) is 4.86. The van der Waals surface area contributed by atoms with Crippen molar-refractivity contribution in [2.75, 3.05) is 63.7 Å². The molecule has 0 spiro atoms. The number of carbonyl (C=O) groups is 5. The number of aromatic nitrogens is 4. The Morgan fingerprint density at radius 3 is 2.48 bits per heavy atom. The molecule has 2 atom stereocenters. The molecule has 2 fully saturated rings. The number of hydrogen-bond donors (Lipinski definition) is 5. The minimum atomic E-state index is -1.03. The Labute approximate surface area is 366 Å². The molecular formula is C44H46N12O8. The zero-order valence-corrected chi connectivity index (χ0v) is 34.7. The van der Waals surface area contributed by atoms with Gasteiger partial charge in [0.05, 0.1) is 55.5 Å². The van der Waals surface area contributed by atoms with E-state index in [2.05, 4.69) is 31.6 Å². The SMILES string of the molecule is Nc1ncnc2c1c(-c1ccc(Oc3ccccc3)cc1)nn2C1CCCN(C(=O)C2=CN(CCOCCOCCNc3cccc4c3C(=O)N(C3CCC(=O)NC3=O)C4=O)NN2)C1. The molecule has 0 bridgehead atoms. The van der Waals surface area contributed by atoms with E-state index in [1.54, 1.807) is 29.4 Å². The van der Waals surface area contributed by atoms with Crippen LogP contribution in [0.1, 0.15) is 52.4 Å². The molecule has 64 heavy (non-hydrogen) atoms. The molecule has 5 aromatic rings. The number of amides is 5. The van der Waals surface area contributed by atoms with Crippen LogP contribution >= 0.6 is 0 Å². The van der Waals surface area contributed by atoms with Crippen LogP contribution in [0.3, 0.4) is 0 Å². The molecule has 2 saturated heterocycles. The van der Waals surface area contributed by atoms with Gasteiger partial charge in [-0.1, -0.05) is 24.3 Å². The smallest absolute Gasteiger partial charge is 0.272 e. The second-order valence-corrected chi connectivity index (χ2v) is 15.5. The van der Waals surface area contributed by atoms with Gasteiger partial charge in [0.15, 0.2) is 5.65 Å². The summed E-state index contributed by atoms with van der Waals surface area (Å²) in [5.74, 6) is -0.622. The van der Waals surface area contributed by atoms with Gasteiger partial charge in [-0.3, -0.25) is 44.6 Å². The van der Waals surface area contributed by atoms with Crippen LogP contribution in [0, 0.1) is 0 Å². The largest absolute Gasteiger partial charge is 0.457 e. The van der Waals surface area contributed by atoms with E-state index in [0.29, 0.717) is 92.3 Å². The van der Waals surface area contributed by atoms with Crippen molar-refractivity contribution in [3.8, 4) is 22.8 Å². The standard InChI is InChI=1S/C44H46N12O8/c45-39-37-38(27-11-13-30(14-12-27)64-29-7-2-1-3-8-29)51-56(40(37)48-26-47-39)28-6-5-18-53(24-28)43(60)33-25-54(52-50-33)19-21-63-23-22-62-20-17-46-32-10-4-9-31-36(32)44(61)55(42(31)59)34-15-16-35(57)49-41(34)58/h1-4,7-14,25-26,28,34,46,50,52H,5-6,15-24H2,(H2,45,47,48)(H,49,57,58). The maximum absolute atomic E-state index is 13.7. The van der Waals surface area contributed by atoms with Gasteiger partial charge in [-0.05, 0) is 67.8 Å². The summed E-state index contributed by atoms with van der Waals surface area (Å²) >= 11 is 0. The average molecular weight is 871 g/mol. The zero-order chi connectivity index (χ0) is 44.2. The minimum absolute atomic E-state index is 0.0504. The molecule has 330 valence electrons. The number of fused-ring (bicyclic) bond motifs is 2. The normalized spacial score (nSPS) is 18.6. The van der Waals surface area contributed by atoms with Crippen molar-refractivity contribution >= 4 is 52.1 Å². The van der Waals surface area contributed by atoms with Gasteiger partial charge in [-0.25, -0.2) is 14.6 Å². The molecule has 3 aromatic carbocycles. The van der Waals surface area contributed by atoms with Crippen molar-refractivity contribution < 1.29 is 38.2 Å². The van der Waals surface area contributed by atoms with E-state index in [9.17, 15) is 24.0 Å². The van der Waals surface area contributed by atoms with Gasteiger partial charge in [-0.2, -0.15) is 5.10 Å². The van der Waals surface area contributed by atoms with Gasteiger partial charge in [0.25, 0.3) is 17.7 Å². The molecule has 20 heteroatoms. The monoisotopic (exact) mass is 870 g/mol. The van der Waals surface area contributed by atoms with Gasteiger partial charge in [0, 0.05) is 43.5 Å². The first-order valence-electron chi connectivity index (χ1n) is 21.1. The topological polar surface area (TPSA) is 240 Å².